The van der Waals surface area contributed by atoms with Gasteiger partial charge in [0.25, 0.3) is 0 Å². The van der Waals surface area contributed by atoms with Crippen molar-refractivity contribution >= 4 is 17.7 Å². The van der Waals surface area contributed by atoms with Crippen molar-refractivity contribution in [1.82, 2.24) is 0 Å². The highest BCUT2D eigenvalue weighted by molar-refractivity contribution is 7.99. The van der Waals surface area contributed by atoms with E-state index in [4.69, 9.17) is 9.47 Å². The highest BCUT2D eigenvalue weighted by Crippen LogP contribution is 2.55. The van der Waals surface area contributed by atoms with Gasteiger partial charge in [-0.25, -0.2) is 0 Å². The molecule has 0 saturated carbocycles. The van der Waals surface area contributed by atoms with Crippen LogP contribution in [0.25, 0.3) is 0 Å². The standard InChI is InChI=1S/C33H43F5O5S/c1-3-42-30(41)23(12-10-20-32(34,35)33(36,37)38)11-8-6-4-5-7-9-13-28-27-19-18-26(40)21-29(27)43-22-31(28,44-2)24-14-16-25(39)17-15-24/h14-19,21,23,28,39-40H,3-13,20,22H2,1-2H3/t23?,28-,31+/m1/s1. The number of fused-ring (bicyclic) bond motifs is 1. The summed E-state index contributed by atoms with van der Waals surface area (Å²) in [6, 6.07) is 12.5. The van der Waals surface area contributed by atoms with Gasteiger partial charge in [0.05, 0.1) is 17.3 Å². The van der Waals surface area contributed by atoms with Crippen LogP contribution in [0.4, 0.5) is 22.0 Å². The minimum Gasteiger partial charge on any atom is -0.508 e. The monoisotopic (exact) mass is 646 g/mol. The Kier molecular flexibility index (Phi) is 13.0. The van der Waals surface area contributed by atoms with Crippen LogP contribution < -0.4 is 4.74 Å². The average Bonchev–Trinajstić information content (AvgIpc) is 2.97. The highest BCUT2D eigenvalue weighted by Gasteiger charge is 2.56. The number of rotatable bonds is 17. The Morgan fingerprint density at radius 3 is 2.20 bits per heavy atom. The molecule has 0 bridgehead atoms. The SMILES string of the molecule is CCOC(=O)C(CCCCCCCC[C@@H]1c2ccc(O)cc2OC[C@]1(SC)c1ccc(O)cc1)CCCC(F)(F)C(F)(F)F. The van der Waals surface area contributed by atoms with E-state index < -0.39 is 36.8 Å². The van der Waals surface area contributed by atoms with Gasteiger partial charge in [-0.15, -0.1) is 11.8 Å². The topological polar surface area (TPSA) is 76.0 Å². The van der Waals surface area contributed by atoms with Crippen LogP contribution in [-0.2, 0) is 14.3 Å². The minimum absolute atomic E-state index is 0.0624. The van der Waals surface area contributed by atoms with Crippen molar-refractivity contribution in [2.24, 2.45) is 5.92 Å². The van der Waals surface area contributed by atoms with Crippen LogP contribution in [0.5, 0.6) is 17.2 Å². The molecule has 2 aromatic rings. The fourth-order valence-corrected chi connectivity index (χ4v) is 7.09. The molecule has 0 fully saturated rings. The zero-order valence-electron chi connectivity index (χ0n) is 25.3. The summed E-state index contributed by atoms with van der Waals surface area (Å²) in [4.78, 5) is 12.3. The molecular formula is C33H43F5O5S. The zero-order chi connectivity index (χ0) is 32.4. The molecule has 0 radical (unpaired) electrons. The molecule has 0 spiro atoms. The molecule has 3 atom stereocenters. The molecule has 2 aromatic carbocycles. The lowest BCUT2D eigenvalue weighted by atomic mass is 9.76. The number of carbonyl (C=O) groups excluding carboxylic acids is 1. The first-order chi connectivity index (χ1) is 20.8. The van der Waals surface area contributed by atoms with Gasteiger partial charge in [0.15, 0.2) is 0 Å². The lowest BCUT2D eigenvalue weighted by Crippen LogP contribution is -2.40. The van der Waals surface area contributed by atoms with E-state index in [9.17, 15) is 37.0 Å². The Morgan fingerprint density at radius 1 is 0.955 bits per heavy atom. The molecule has 2 N–H and O–H groups in total. The first-order valence-electron chi connectivity index (χ1n) is 15.3. The Labute approximate surface area is 260 Å². The molecule has 0 saturated heterocycles. The predicted molar refractivity (Wildman–Crippen MR) is 162 cm³/mol. The van der Waals surface area contributed by atoms with E-state index in [1.807, 2.05) is 18.2 Å². The maximum atomic E-state index is 13.3. The molecule has 1 aliphatic heterocycles. The van der Waals surface area contributed by atoms with Gasteiger partial charge >= 0.3 is 18.1 Å². The average molecular weight is 647 g/mol. The summed E-state index contributed by atoms with van der Waals surface area (Å²) in [6.45, 7) is 2.18. The Bertz CT molecular complexity index is 1190. The first-order valence-corrected chi connectivity index (χ1v) is 16.5. The number of aromatic hydroxyl groups is 2. The van der Waals surface area contributed by atoms with Crippen molar-refractivity contribution in [3.8, 4) is 17.2 Å². The van der Waals surface area contributed by atoms with E-state index in [-0.39, 0.29) is 35.2 Å². The van der Waals surface area contributed by atoms with Gasteiger partial charge < -0.3 is 19.7 Å². The van der Waals surface area contributed by atoms with Crippen molar-refractivity contribution < 1.29 is 46.4 Å². The Balaban J connectivity index is 1.51. The number of thioether (sulfide) groups is 1. The predicted octanol–water partition coefficient (Wildman–Crippen LogP) is 9.50. The summed E-state index contributed by atoms with van der Waals surface area (Å²) in [5, 5.41) is 19.9. The van der Waals surface area contributed by atoms with Crippen molar-refractivity contribution in [3.05, 3.63) is 53.6 Å². The summed E-state index contributed by atoms with van der Waals surface area (Å²) in [5.74, 6) is -4.86. The van der Waals surface area contributed by atoms with Crippen LogP contribution in [0.2, 0.25) is 0 Å². The third-order valence-electron chi connectivity index (χ3n) is 8.47. The van der Waals surface area contributed by atoms with Crippen LogP contribution in [0.3, 0.4) is 0 Å². The number of alkyl halides is 5. The number of hydrogen-bond acceptors (Lipinski definition) is 6. The smallest absolute Gasteiger partial charge is 0.453 e. The number of esters is 1. The van der Waals surface area contributed by atoms with E-state index in [1.165, 1.54) is 0 Å². The summed E-state index contributed by atoms with van der Waals surface area (Å²) < 4.78 is 74.8. The van der Waals surface area contributed by atoms with Crippen molar-refractivity contribution in [3.63, 3.8) is 0 Å². The summed E-state index contributed by atoms with van der Waals surface area (Å²) in [5.41, 5.74) is 2.10. The molecule has 3 rings (SSSR count). The molecule has 0 aromatic heterocycles. The van der Waals surface area contributed by atoms with Crippen LogP contribution in [-0.4, -0.2) is 47.8 Å². The van der Waals surface area contributed by atoms with E-state index in [2.05, 4.69) is 6.26 Å². The van der Waals surface area contributed by atoms with Crippen molar-refractivity contribution in [2.75, 3.05) is 19.5 Å². The fraction of sp³-hybridized carbons (Fsp3) is 0.606. The quantitative estimate of drug-likeness (QED) is 0.101. The molecule has 5 nitrogen and oxygen atoms in total. The van der Waals surface area contributed by atoms with Gasteiger partial charge in [-0.1, -0.05) is 56.7 Å². The summed E-state index contributed by atoms with van der Waals surface area (Å²) in [7, 11) is 0. The fourth-order valence-electron chi connectivity index (χ4n) is 6.01. The van der Waals surface area contributed by atoms with Gasteiger partial charge in [0, 0.05) is 18.4 Å². The number of carbonyl (C=O) groups is 1. The lowest BCUT2D eigenvalue weighted by molar-refractivity contribution is -0.284. The van der Waals surface area contributed by atoms with Crippen LogP contribution >= 0.6 is 11.8 Å². The molecule has 11 heteroatoms. The van der Waals surface area contributed by atoms with E-state index >= 15 is 0 Å². The van der Waals surface area contributed by atoms with Gasteiger partial charge in [0.1, 0.15) is 23.9 Å². The lowest BCUT2D eigenvalue weighted by Gasteiger charge is -2.44. The summed E-state index contributed by atoms with van der Waals surface area (Å²) in [6.07, 6.45) is 1.19. The molecule has 0 amide bonds. The van der Waals surface area contributed by atoms with Crippen molar-refractivity contribution in [2.45, 2.75) is 100 Å². The number of benzene rings is 2. The largest absolute Gasteiger partial charge is 0.508 e. The molecule has 44 heavy (non-hydrogen) atoms. The third-order valence-corrected chi connectivity index (χ3v) is 9.84. The number of hydrogen-bond donors (Lipinski definition) is 2. The van der Waals surface area contributed by atoms with Crippen molar-refractivity contribution in [1.29, 1.82) is 0 Å². The molecular weight excluding hydrogens is 603 g/mol. The Morgan fingerprint density at radius 2 is 1.57 bits per heavy atom. The number of phenolic OH excluding ortho intramolecular Hbond substituents is 2. The Hall–Kier alpha value is -2.69. The maximum Gasteiger partial charge on any atom is 0.453 e. The molecule has 246 valence electrons. The van der Waals surface area contributed by atoms with Crippen LogP contribution in [0.1, 0.15) is 94.6 Å². The minimum atomic E-state index is -5.59. The summed E-state index contributed by atoms with van der Waals surface area (Å²) >= 11 is 1.72. The van der Waals surface area contributed by atoms with Crippen LogP contribution in [0, 0.1) is 5.92 Å². The maximum absolute atomic E-state index is 13.3. The normalized spacial score (nSPS) is 19.2. The van der Waals surface area contributed by atoms with Gasteiger partial charge in [-0.05, 0) is 68.2 Å². The third kappa shape index (κ3) is 9.17. The van der Waals surface area contributed by atoms with E-state index in [1.54, 1.807) is 43.0 Å². The van der Waals surface area contributed by atoms with Crippen LogP contribution in [0.15, 0.2) is 42.5 Å². The van der Waals surface area contributed by atoms with Gasteiger partial charge in [-0.3, -0.25) is 4.79 Å². The molecule has 0 aliphatic carbocycles. The zero-order valence-corrected chi connectivity index (χ0v) is 26.1. The molecule has 1 unspecified atom stereocenters. The highest BCUT2D eigenvalue weighted by atomic mass is 32.2. The second-order valence-electron chi connectivity index (χ2n) is 11.4. The van der Waals surface area contributed by atoms with Gasteiger partial charge in [-0.2, -0.15) is 22.0 Å². The number of unbranched alkanes of at least 4 members (excludes halogenated alkanes) is 5. The number of ether oxygens (including phenoxy) is 2. The first kappa shape index (κ1) is 35.8. The van der Waals surface area contributed by atoms with Gasteiger partial charge in [0.2, 0.25) is 0 Å². The molecule has 1 aliphatic rings. The van der Waals surface area contributed by atoms with E-state index in [0.717, 1.165) is 49.7 Å². The molecule has 1 heterocycles. The second kappa shape index (κ2) is 16.0. The number of phenols is 2. The second-order valence-corrected chi connectivity index (χ2v) is 12.6. The van der Waals surface area contributed by atoms with E-state index in [0.29, 0.717) is 25.2 Å². The number of halogens is 5.